The first kappa shape index (κ1) is 14.3. The lowest BCUT2D eigenvalue weighted by Gasteiger charge is -2.00. The van der Waals surface area contributed by atoms with Crippen molar-refractivity contribution in [2.24, 2.45) is 0 Å². The molecule has 3 rings (SSSR count). The molecule has 0 saturated heterocycles. The molecule has 6 heteroatoms. The number of thiazole rings is 2. The molecule has 3 aromatic rings. The Morgan fingerprint density at radius 2 is 2.14 bits per heavy atom. The summed E-state index contributed by atoms with van der Waals surface area (Å²) in [4.78, 5) is 8.93. The number of hydrogen-bond acceptors (Lipinski definition) is 6. The van der Waals surface area contributed by atoms with Crippen LogP contribution in [0.4, 0.5) is 10.3 Å². The van der Waals surface area contributed by atoms with Crippen molar-refractivity contribution in [2.75, 3.05) is 17.6 Å². The van der Waals surface area contributed by atoms with Gasteiger partial charge in [-0.2, -0.15) is 0 Å². The first-order valence-electron chi connectivity index (χ1n) is 7.12. The van der Waals surface area contributed by atoms with Gasteiger partial charge >= 0.3 is 0 Å². The van der Waals surface area contributed by atoms with Gasteiger partial charge in [0.25, 0.3) is 0 Å². The van der Waals surface area contributed by atoms with Gasteiger partial charge in [-0.1, -0.05) is 37.2 Å². The van der Waals surface area contributed by atoms with Crippen LogP contribution < -0.4 is 11.1 Å². The summed E-state index contributed by atoms with van der Waals surface area (Å²) in [5.74, 6) is 0. The average molecular weight is 318 g/mol. The molecule has 0 atom stereocenters. The fourth-order valence-electron chi connectivity index (χ4n) is 2.16. The zero-order valence-corrected chi connectivity index (χ0v) is 13.6. The smallest absolute Gasteiger partial charge is 0.183 e. The minimum Gasteiger partial charge on any atom is -0.375 e. The van der Waals surface area contributed by atoms with Crippen molar-refractivity contribution in [3.8, 4) is 11.3 Å². The highest BCUT2D eigenvalue weighted by Gasteiger charge is 2.07. The van der Waals surface area contributed by atoms with Crippen molar-refractivity contribution >= 4 is 43.2 Å². The van der Waals surface area contributed by atoms with Crippen molar-refractivity contribution in [3.05, 3.63) is 23.6 Å². The van der Waals surface area contributed by atoms with E-state index in [2.05, 4.69) is 39.7 Å². The van der Waals surface area contributed by atoms with Gasteiger partial charge in [-0.25, -0.2) is 9.97 Å². The Kier molecular flexibility index (Phi) is 4.36. The van der Waals surface area contributed by atoms with E-state index in [1.54, 1.807) is 11.3 Å². The number of nitrogens with zero attached hydrogens (tertiary/aromatic N) is 2. The second-order valence-corrected chi connectivity index (χ2v) is 6.83. The standard InChI is InChI=1S/C15H18N4S2/c1-2-3-4-7-17-15-19-12(9-20-15)10-5-6-11-13(8-10)21-14(16)18-11/h5-6,8-9H,2-4,7H2,1H3,(H2,16,18)(H,17,19). The molecule has 0 aliphatic rings. The lowest BCUT2D eigenvalue weighted by molar-refractivity contribution is 0.743. The third-order valence-electron chi connectivity index (χ3n) is 3.26. The lowest BCUT2D eigenvalue weighted by Crippen LogP contribution is -2.00. The molecule has 0 unspecified atom stereocenters. The summed E-state index contributed by atoms with van der Waals surface area (Å²) in [5, 5.41) is 7.08. The minimum absolute atomic E-state index is 0.610. The Bertz CT molecular complexity index is 732. The number of benzene rings is 1. The van der Waals surface area contributed by atoms with Gasteiger partial charge in [-0.15, -0.1) is 11.3 Å². The van der Waals surface area contributed by atoms with E-state index in [1.165, 1.54) is 30.6 Å². The van der Waals surface area contributed by atoms with E-state index in [0.29, 0.717) is 5.13 Å². The Labute approximate surface area is 132 Å². The first-order chi connectivity index (χ1) is 10.3. The highest BCUT2D eigenvalue weighted by molar-refractivity contribution is 7.22. The van der Waals surface area contributed by atoms with Gasteiger partial charge in [-0.3, -0.25) is 0 Å². The Balaban J connectivity index is 1.74. The molecule has 1 aromatic carbocycles. The molecule has 0 radical (unpaired) electrons. The van der Waals surface area contributed by atoms with E-state index < -0.39 is 0 Å². The molecule has 0 aliphatic carbocycles. The molecule has 0 aliphatic heterocycles. The molecule has 0 fully saturated rings. The van der Waals surface area contributed by atoms with Crippen LogP contribution in [0.15, 0.2) is 23.6 Å². The quantitative estimate of drug-likeness (QED) is 0.652. The van der Waals surface area contributed by atoms with Crippen molar-refractivity contribution in [3.63, 3.8) is 0 Å². The van der Waals surface area contributed by atoms with Crippen LogP contribution in [0.3, 0.4) is 0 Å². The van der Waals surface area contributed by atoms with Crippen LogP contribution in [-0.2, 0) is 0 Å². The van der Waals surface area contributed by atoms with E-state index in [4.69, 9.17) is 5.73 Å². The molecular formula is C15H18N4S2. The molecule has 110 valence electrons. The van der Waals surface area contributed by atoms with Crippen molar-refractivity contribution in [1.82, 2.24) is 9.97 Å². The fraction of sp³-hybridized carbons (Fsp3) is 0.333. The van der Waals surface area contributed by atoms with Gasteiger partial charge in [0.15, 0.2) is 10.3 Å². The SMILES string of the molecule is CCCCCNc1nc(-c2ccc3nc(N)sc3c2)cs1. The number of nitrogens with two attached hydrogens (primary N) is 1. The maximum atomic E-state index is 5.75. The summed E-state index contributed by atoms with van der Waals surface area (Å²) in [7, 11) is 0. The van der Waals surface area contributed by atoms with Crippen molar-refractivity contribution in [1.29, 1.82) is 0 Å². The third-order valence-corrected chi connectivity index (χ3v) is 4.91. The van der Waals surface area contributed by atoms with Gasteiger partial charge in [0, 0.05) is 17.5 Å². The van der Waals surface area contributed by atoms with Crippen LogP contribution in [0, 0.1) is 0 Å². The number of fused-ring (bicyclic) bond motifs is 1. The Hall–Kier alpha value is -1.66. The summed E-state index contributed by atoms with van der Waals surface area (Å²) in [5.41, 5.74) is 8.82. The van der Waals surface area contributed by atoms with Gasteiger partial charge in [-0.05, 0) is 18.6 Å². The maximum absolute atomic E-state index is 5.75. The maximum Gasteiger partial charge on any atom is 0.183 e. The van der Waals surface area contributed by atoms with E-state index in [0.717, 1.165) is 33.2 Å². The molecule has 0 spiro atoms. The summed E-state index contributed by atoms with van der Waals surface area (Å²) >= 11 is 3.17. The largest absolute Gasteiger partial charge is 0.375 e. The van der Waals surface area contributed by atoms with E-state index in [9.17, 15) is 0 Å². The van der Waals surface area contributed by atoms with Gasteiger partial charge in [0.2, 0.25) is 0 Å². The van der Waals surface area contributed by atoms with Crippen LogP contribution in [0.25, 0.3) is 21.5 Å². The Morgan fingerprint density at radius 1 is 1.24 bits per heavy atom. The molecule has 21 heavy (non-hydrogen) atoms. The molecule has 0 amide bonds. The van der Waals surface area contributed by atoms with E-state index >= 15 is 0 Å². The number of aromatic nitrogens is 2. The monoisotopic (exact) mass is 318 g/mol. The molecule has 4 nitrogen and oxygen atoms in total. The molecule has 2 aromatic heterocycles. The number of nitrogens with one attached hydrogen (secondary N) is 1. The second-order valence-electron chi connectivity index (χ2n) is 4.91. The molecule has 0 saturated carbocycles. The summed E-state index contributed by atoms with van der Waals surface area (Å²) < 4.78 is 1.11. The molecule has 2 heterocycles. The van der Waals surface area contributed by atoms with E-state index in [-0.39, 0.29) is 0 Å². The van der Waals surface area contributed by atoms with Crippen LogP contribution in [0.5, 0.6) is 0 Å². The zero-order chi connectivity index (χ0) is 14.7. The van der Waals surface area contributed by atoms with Crippen LogP contribution in [0.2, 0.25) is 0 Å². The summed E-state index contributed by atoms with van der Waals surface area (Å²) in [6.07, 6.45) is 3.69. The summed E-state index contributed by atoms with van der Waals surface area (Å²) in [6, 6.07) is 6.17. The summed E-state index contributed by atoms with van der Waals surface area (Å²) in [6.45, 7) is 3.20. The second kappa shape index (κ2) is 6.41. The van der Waals surface area contributed by atoms with Crippen molar-refractivity contribution in [2.45, 2.75) is 26.2 Å². The van der Waals surface area contributed by atoms with Gasteiger partial charge < -0.3 is 11.1 Å². The number of rotatable bonds is 6. The highest BCUT2D eigenvalue weighted by atomic mass is 32.1. The zero-order valence-electron chi connectivity index (χ0n) is 11.9. The van der Waals surface area contributed by atoms with Crippen LogP contribution in [0.1, 0.15) is 26.2 Å². The van der Waals surface area contributed by atoms with Gasteiger partial charge in [0.1, 0.15) is 0 Å². The highest BCUT2D eigenvalue weighted by Crippen LogP contribution is 2.30. The number of hydrogen-bond donors (Lipinski definition) is 2. The number of unbranched alkanes of at least 4 members (excludes halogenated alkanes) is 2. The van der Waals surface area contributed by atoms with Crippen LogP contribution >= 0.6 is 22.7 Å². The first-order valence-corrected chi connectivity index (χ1v) is 8.81. The average Bonchev–Trinajstić information content (AvgIpc) is 3.08. The molecule has 3 N–H and O–H groups in total. The Morgan fingerprint density at radius 3 is 3.00 bits per heavy atom. The number of anilines is 2. The minimum atomic E-state index is 0.610. The number of nitrogen functional groups attached to an aromatic ring is 1. The molecule has 0 bridgehead atoms. The van der Waals surface area contributed by atoms with Crippen LogP contribution in [-0.4, -0.2) is 16.5 Å². The lowest BCUT2D eigenvalue weighted by atomic mass is 10.2. The van der Waals surface area contributed by atoms with E-state index in [1.807, 2.05) is 6.07 Å². The van der Waals surface area contributed by atoms with Gasteiger partial charge in [0.05, 0.1) is 15.9 Å². The predicted octanol–water partition coefficient (Wildman–Crippen LogP) is 4.60. The third kappa shape index (κ3) is 3.33. The normalized spacial score (nSPS) is 11.1. The van der Waals surface area contributed by atoms with Crippen molar-refractivity contribution < 1.29 is 0 Å². The fourth-order valence-corrected chi connectivity index (χ4v) is 3.68. The predicted molar refractivity (Wildman–Crippen MR) is 93.2 cm³/mol. The topological polar surface area (TPSA) is 63.8 Å². The molecular weight excluding hydrogens is 300 g/mol.